The molecule has 0 aromatic carbocycles. The van der Waals surface area contributed by atoms with Gasteiger partial charge in [0.1, 0.15) is 0 Å². The monoisotopic (exact) mass is 203 g/mol. The third-order valence-electron chi connectivity index (χ3n) is 2.62. The smallest absolute Gasteiger partial charge is 0.159 e. The molecular formula is C12H17N3. The Bertz CT molecular complexity index is 427. The Morgan fingerprint density at radius 2 is 1.80 bits per heavy atom. The first-order chi connectivity index (χ1) is 7.11. The highest BCUT2D eigenvalue weighted by Gasteiger charge is 2.12. The largest absolute Gasteiger partial charge is 0.301 e. The lowest BCUT2D eigenvalue weighted by Crippen LogP contribution is -2.05. The van der Waals surface area contributed by atoms with E-state index in [4.69, 9.17) is 0 Å². The van der Waals surface area contributed by atoms with Gasteiger partial charge in [0.25, 0.3) is 0 Å². The zero-order valence-electron chi connectivity index (χ0n) is 9.73. The summed E-state index contributed by atoms with van der Waals surface area (Å²) < 4.78 is 2.15. The SMILES string of the molecule is CC(C)c1ncc(C(C)C)n2ccnc12. The summed E-state index contributed by atoms with van der Waals surface area (Å²) >= 11 is 0. The van der Waals surface area contributed by atoms with Gasteiger partial charge in [-0.3, -0.25) is 4.98 Å². The lowest BCUT2D eigenvalue weighted by Gasteiger charge is -2.12. The molecule has 0 N–H and O–H groups in total. The first-order valence-corrected chi connectivity index (χ1v) is 5.43. The maximum Gasteiger partial charge on any atom is 0.159 e. The standard InChI is InChI=1S/C12H17N3/c1-8(2)10-7-14-11(9(3)4)12-13-5-6-15(10)12/h5-9H,1-4H3. The second-order valence-electron chi connectivity index (χ2n) is 4.50. The topological polar surface area (TPSA) is 30.2 Å². The summed E-state index contributed by atoms with van der Waals surface area (Å²) in [4.78, 5) is 8.90. The molecule has 0 aliphatic carbocycles. The molecule has 2 aromatic rings. The lowest BCUT2D eigenvalue weighted by molar-refractivity contribution is 0.759. The molecule has 0 spiro atoms. The van der Waals surface area contributed by atoms with Crippen LogP contribution in [0.2, 0.25) is 0 Å². The van der Waals surface area contributed by atoms with Crippen molar-refractivity contribution < 1.29 is 0 Å². The summed E-state index contributed by atoms with van der Waals surface area (Å²) in [5.74, 6) is 0.881. The van der Waals surface area contributed by atoms with Gasteiger partial charge in [-0.2, -0.15) is 0 Å². The number of imidazole rings is 1. The molecule has 0 bridgehead atoms. The Hall–Kier alpha value is -1.38. The second kappa shape index (κ2) is 3.65. The van der Waals surface area contributed by atoms with E-state index >= 15 is 0 Å². The Morgan fingerprint density at radius 3 is 2.40 bits per heavy atom. The van der Waals surface area contributed by atoms with Crippen LogP contribution in [0.25, 0.3) is 5.65 Å². The third-order valence-corrected chi connectivity index (χ3v) is 2.62. The van der Waals surface area contributed by atoms with Gasteiger partial charge in [0, 0.05) is 24.3 Å². The minimum atomic E-state index is 0.413. The van der Waals surface area contributed by atoms with E-state index in [9.17, 15) is 0 Å². The number of rotatable bonds is 2. The molecule has 3 heteroatoms. The summed E-state index contributed by atoms with van der Waals surface area (Å²) in [6, 6.07) is 0. The van der Waals surface area contributed by atoms with Crippen LogP contribution in [0.1, 0.15) is 50.9 Å². The van der Waals surface area contributed by atoms with Crippen LogP contribution in [-0.4, -0.2) is 14.4 Å². The van der Waals surface area contributed by atoms with Crippen LogP contribution in [0.4, 0.5) is 0 Å². The van der Waals surface area contributed by atoms with Crippen LogP contribution in [0.15, 0.2) is 18.6 Å². The Balaban J connectivity index is 2.71. The van der Waals surface area contributed by atoms with Crippen LogP contribution in [0, 0.1) is 0 Å². The van der Waals surface area contributed by atoms with Crippen LogP contribution in [0.5, 0.6) is 0 Å². The quantitative estimate of drug-likeness (QED) is 0.751. The van der Waals surface area contributed by atoms with Crippen molar-refractivity contribution in [3.05, 3.63) is 30.0 Å². The molecule has 2 heterocycles. The molecular weight excluding hydrogens is 186 g/mol. The number of hydrogen-bond acceptors (Lipinski definition) is 2. The Kier molecular flexibility index (Phi) is 2.47. The fourth-order valence-electron chi connectivity index (χ4n) is 1.79. The van der Waals surface area contributed by atoms with Crippen LogP contribution in [0.3, 0.4) is 0 Å². The molecule has 3 nitrogen and oxygen atoms in total. The van der Waals surface area contributed by atoms with Gasteiger partial charge >= 0.3 is 0 Å². The molecule has 2 rings (SSSR count). The molecule has 0 aliphatic rings. The molecule has 0 fully saturated rings. The molecule has 0 atom stereocenters. The van der Waals surface area contributed by atoms with Gasteiger partial charge in [0.05, 0.1) is 5.69 Å². The zero-order chi connectivity index (χ0) is 11.0. The molecule has 0 amide bonds. The van der Waals surface area contributed by atoms with Crippen molar-refractivity contribution in [3.63, 3.8) is 0 Å². The molecule has 0 aliphatic heterocycles. The summed E-state index contributed by atoms with van der Waals surface area (Å²) in [6.45, 7) is 8.63. The second-order valence-corrected chi connectivity index (χ2v) is 4.50. The average molecular weight is 203 g/mol. The fraction of sp³-hybridized carbons (Fsp3) is 0.500. The molecule has 80 valence electrons. The summed E-state index contributed by atoms with van der Waals surface area (Å²) in [7, 11) is 0. The van der Waals surface area contributed by atoms with Gasteiger partial charge < -0.3 is 4.40 Å². The summed E-state index contributed by atoms with van der Waals surface area (Å²) in [5.41, 5.74) is 3.28. The van der Waals surface area contributed by atoms with Crippen molar-refractivity contribution in [2.75, 3.05) is 0 Å². The number of aromatic nitrogens is 3. The van der Waals surface area contributed by atoms with Gasteiger partial charge in [-0.05, 0) is 11.8 Å². The maximum atomic E-state index is 4.52. The van der Waals surface area contributed by atoms with Crippen molar-refractivity contribution in [3.8, 4) is 0 Å². The van der Waals surface area contributed by atoms with Gasteiger partial charge in [-0.15, -0.1) is 0 Å². The average Bonchev–Trinajstić information content (AvgIpc) is 2.63. The van der Waals surface area contributed by atoms with Crippen LogP contribution < -0.4 is 0 Å². The van der Waals surface area contributed by atoms with Crippen LogP contribution in [-0.2, 0) is 0 Å². The predicted octanol–water partition coefficient (Wildman–Crippen LogP) is 2.98. The van der Waals surface area contributed by atoms with Crippen molar-refractivity contribution in [1.29, 1.82) is 0 Å². The molecule has 0 radical (unpaired) electrons. The maximum absolute atomic E-state index is 4.52. The van der Waals surface area contributed by atoms with E-state index in [1.807, 2.05) is 18.6 Å². The first-order valence-electron chi connectivity index (χ1n) is 5.43. The van der Waals surface area contributed by atoms with E-state index in [2.05, 4.69) is 42.1 Å². The predicted molar refractivity (Wildman–Crippen MR) is 61.2 cm³/mol. The molecule has 15 heavy (non-hydrogen) atoms. The highest BCUT2D eigenvalue weighted by Crippen LogP contribution is 2.21. The molecule has 0 saturated heterocycles. The first kappa shape index (κ1) is 10.1. The molecule has 2 aromatic heterocycles. The highest BCUT2D eigenvalue weighted by molar-refractivity contribution is 5.46. The van der Waals surface area contributed by atoms with Gasteiger partial charge in [0.15, 0.2) is 5.65 Å². The van der Waals surface area contributed by atoms with E-state index in [1.165, 1.54) is 5.69 Å². The normalized spacial score (nSPS) is 11.9. The van der Waals surface area contributed by atoms with Gasteiger partial charge in [0.2, 0.25) is 0 Å². The Labute approximate surface area is 90.2 Å². The summed E-state index contributed by atoms with van der Waals surface area (Å²) in [5, 5.41) is 0. The Morgan fingerprint density at radius 1 is 1.07 bits per heavy atom. The number of nitrogens with zero attached hydrogens (tertiary/aromatic N) is 3. The van der Waals surface area contributed by atoms with Gasteiger partial charge in [-0.25, -0.2) is 4.98 Å². The highest BCUT2D eigenvalue weighted by atomic mass is 15.0. The van der Waals surface area contributed by atoms with Crippen molar-refractivity contribution in [1.82, 2.24) is 14.4 Å². The number of hydrogen-bond donors (Lipinski definition) is 0. The van der Waals surface area contributed by atoms with Crippen molar-refractivity contribution >= 4 is 5.65 Å². The minimum absolute atomic E-state index is 0.413. The fourth-order valence-corrected chi connectivity index (χ4v) is 1.79. The van der Waals surface area contributed by atoms with E-state index in [0.717, 1.165) is 11.3 Å². The van der Waals surface area contributed by atoms with E-state index in [0.29, 0.717) is 11.8 Å². The minimum Gasteiger partial charge on any atom is -0.301 e. The van der Waals surface area contributed by atoms with Gasteiger partial charge in [-0.1, -0.05) is 27.7 Å². The third kappa shape index (κ3) is 1.62. The zero-order valence-corrected chi connectivity index (χ0v) is 9.73. The van der Waals surface area contributed by atoms with Crippen LogP contribution >= 0.6 is 0 Å². The number of fused-ring (bicyclic) bond motifs is 1. The lowest BCUT2D eigenvalue weighted by atomic mass is 10.1. The van der Waals surface area contributed by atoms with E-state index < -0.39 is 0 Å². The molecule has 0 unspecified atom stereocenters. The molecule has 0 saturated carbocycles. The summed E-state index contributed by atoms with van der Waals surface area (Å²) in [6.07, 6.45) is 5.82. The van der Waals surface area contributed by atoms with E-state index in [-0.39, 0.29) is 0 Å². The van der Waals surface area contributed by atoms with Crippen molar-refractivity contribution in [2.24, 2.45) is 0 Å². The van der Waals surface area contributed by atoms with Crippen molar-refractivity contribution in [2.45, 2.75) is 39.5 Å². The van der Waals surface area contributed by atoms with E-state index in [1.54, 1.807) is 0 Å².